The second kappa shape index (κ2) is 5.09. The van der Waals surface area contributed by atoms with Gasteiger partial charge in [0.25, 0.3) is 0 Å². The Morgan fingerprint density at radius 1 is 1.47 bits per heavy atom. The van der Waals surface area contributed by atoms with Crippen LogP contribution < -0.4 is 11.1 Å². The van der Waals surface area contributed by atoms with Gasteiger partial charge in [-0.2, -0.15) is 12.6 Å². The normalized spacial score (nSPS) is 10.6. The van der Waals surface area contributed by atoms with Crippen LogP contribution in [-0.2, 0) is 11.3 Å². The first-order valence-electron chi connectivity index (χ1n) is 5.18. The highest BCUT2D eigenvalue weighted by Gasteiger charge is 2.03. The molecule has 6 heteroatoms. The van der Waals surface area contributed by atoms with E-state index >= 15 is 0 Å². The van der Waals surface area contributed by atoms with Crippen LogP contribution in [0.4, 0.5) is 0 Å². The Balaban J connectivity index is 2.08. The van der Waals surface area contributed by atoms with Crippen molar-refractivity contribution in [3.8, 4) is 0 Å². The molecule has 1 amide bonds. The predicted octanol–water partition coefficient (Wildman–Crippen LogP) is 1.06. The average Bonchev–Trinajstić information content (AvgIpc) is 2.66. The van der Waals surface area contributed by atoms with Crippen LogP contribution in [0.1, 0.15) is 12.0 Å². The molecule has 90 valence electrons. The number of benzene rings is 1. The number of carbonyl (C=O) groups excluding carboxylic acids is 1. The summed E-state index contributed by atoms with van der Waals surface area (Å²) >= 11 is 3.98. The summed E-state index contributed by atoms with van der Waals surface area (Å²) < 4.78 is 4.88. The largest absolute Gasteiger partial charge is 0.417 e. The van der Waals surface area contributed by atoms with E-state index < -0.39 is 5.76 Å². The summed E-state index contributed by atoms with van der Waals surface area (Å²) in [4.78, 5) is 24.8. The predicted molar refractivity (Wildman–Crippen MR) is 67.2 cm³/mol. The van der Waals surface area contributed by atoms with Gasteiger partial charge in [0.1, 0.15) is 0 Å². The number of hydrogen-bond acceptors (Lipinski definition) is 4. The Bertz CT molecular complexity index is 588. The topological polar surface area (TPSA) is 75.1 Å². The van der Waals surface area contributed by atoms with Gasteiger partial charge < -0.3 is 9.73 Å². The third-order valence-electron chi connectivity index (χ3n) is 2.31. The minimum absolute atomic E-state index is 0.0409. The zero-order valence-electron chi connectivity index (χ0n) is 9.03. The van der Waals surface area contributed by atoms with Crippen LogP contribution >= 0.6 is 12.6 Å². The molecular weight excluding hydrogens is 240 g/mol. The van der Waals surface area contributed by atoms with E-state index in [0.29, 0.717) is 29.8 Å². The lowest BCUT2D eigenvalue weighted by Gasteiger charge is -2.03. The molecule has 0 aliphatic carbocycles. The fourth-order valence-corrected chi connectivity index (χ4v) is 1.70. The fourth-order valence-electron chi connectivity index (χ4n) is 1.50. The Kier molecular flexibility index (Phi) is 3.53. The fraction of sp³-hybridized carbons (Fsp3) is 0.273. The van der Waals surface area contributed by atoms with Gasteiger partial charge in [-0.25, -0.2) is 4.79 Å². The van der Waals surface area contributed by atoms with E-state index in [4.69, 9.17) is 4.42 Å². The molecular formula is C11H12N2O3S. The number of aromatic amines is 1. The van der Waals surface area contributed by atoms with Crippen LogP contribution in [0.25, 0.3) is 11.1 Å². The highest BCUT2D eigenvalue weighted by Crippen LogP contribution is 2.11. The number of aromatic nitrogens is 1. The van der Waals surface area contributed by atoms with Gasteiger partial charge >= 0.3 is 5.76 Å². The zero-order valence-corrected chi connectivity index (χ0v) is 9.92. The Hall–Kier alpha value is -1.69. The van der Waals surface area contributed by atoms with Gasteiger partial charge in [-0.3, -0.25) is 9.78 Å². The van der Waals surface area contributed by atoms with Crippen molar-refractivity contribution in [1.29, 1.82) is 0 Å². The van der Waals surface area contributed by atoms with Gasteiger partial charge in [-0.1, -0.05) is 6.07 Å². The maximum absolute atomic E-state index is 11.2. The molecule has 1 aromatic heterocycles. The minimum atomic E-state index is -0.476. The molecule has 2 aromatic rings. The standard InChI is InChI=1S/C11H12N2O3S/c14-10(3-4-17)12-6-7-1-2-9-8(5-7)13-11(15)16-9/h1-2,5,17H,3-4,6H2,(H,12,14)(H,13,15). The van der Waals surface area contributed by atoms with Gasteiger partial charge in [-0.05, 0) is 23.4 Å². The van der Waals surface area contributed by atoms with Crippen molar-refractivity contribution in [3.63, 3.8) is 0 Å². The number of nitrogens with one attached hydrogen (secondary N) is 2. The summed E-state index contributed by atoms with van der Waals surface area (Å²) in [6, 6.07) is 5.29. The summed E-state index contributed by atoms with van der Waals surface area (Å²) in [5, 5.41) is 2.76. The van der Waals surface area contributed by atoms with Crippen molar-refractivity contribution in [2.45, 2.75) is 13.0 Å². The first kappa shape index (κ1) is 11.8. The van der Waals surface area contributed by atoms with Gasteiger partial charge in [0.15, 0.2) is 5.58 Å². The third kappa shape index (κ3) is 2.91. The molecule has 0 saturated heterocycles. The van der Waals surface area contributed by atoms with Crippen molar-refractivity contribution in [2.24, 2.45) is 0 Å². The Labute approximate surface area is 103 Å². The van der Waals surface area contributed by atoms with Crippen molar-refractivity contribution in [3.05, 3.63) is 34.3 Å². The van der Waals surface area contributed by atoms with E-state index in [-0.39, 0.29) is 5.91 Å². The molecule has 2 rings (SSSR count). The van der Waals surface area contributed by atoms with E-state index in [1.807, 2.05) is 0 Å². The molecule has 1 aromatic carbocycles. The van der Waals surface area contributed by atoms with E-state index in [2.05, 4.69) is 22.9 Å². The van der Waals surface area contributed by atoms with Crippen LogP contribution in [-0.4, -0.2) is 16.6 Å². The summed E-state index contributed by atoms with van der Waals surface area (Å²) in [6.07, 6.45) is 0.397. The second-order valence-corrected chi connectivity index (χ2v) is 4.04. The number of carbonyl (C=O) groups is 1. The second-order valence-electron chi connectivity index (χ2n) is 3.60. The first-order chi connectivity index (χ1) is 8.19. The molecule has 0 unspecified atom stereocenters. The maximum Gasteiger partial charge on any atom is 0.417 e. The summed E-state index contributed by atoms with van der Waals surface area (Å²) in [6.45, 7) is 0.426. The summed E-state index contributed by atoms with van der Waals surface area (Å²) in [5.74, 6) is 0.0111. The van der Waals surface area contributed by atoms with Gasteiger partial charge in [0, 0.05) is 13.0 Å². The van der Waals surface area contributed by atoms with Crippen molar-refractivity contribution in [1.82, 2.24) is 10.3 Å². The van der Waals surface area contributed by atoms with Crippen molar-refractivity contribution in [2.75, 3.05) is 5.75 Å². The van der Waals surface area contributed by atoms with Crippen molar-refractivity contribution < 1.29 is 9.21 Å². The lowest BCUT2D eigenvalue weighted by molar-refractivity contribution is -0.120. The number of rotatable bonds is 4. The summed E-state index contributed by atoms with van der Waals surface area (Å²) in [7, 11) is 0. The maximum atomic E-state index is 11.2. The molecule has 17 heavy (non-hydrogen) atoms. The lowest BCUT2D eigenvalue weighted by Crippen LogP contribution is -2.22. The molecule has 0 spiro atoms. The number of oxazole rings is 1. The molecule has 0 saturated carbocycles. The zero-order chi connectivity index (χ0) is 12.3. The lowest BCUT2D eigenvalue weighted by atomic mass is 10.2. The smallest absolute Gasteiger partial charge is 0.408 e. The monoisotopic (exact) mass is 252 g/mol. The highest BCUT2D eigenvalue weighted by molar-refractivity contribution is 7.80. The van der Waals surface area contributed by atoms with E-state index in [0.717, 1.165) is 5.56 Å². The minimum Gasteiger partial charge on any atom is -0.408 e. The number of H-pyrrole nitrogens is 1. The Morgan fingerprint density at radius 3 is 3.06 bits per heavy atom. The molecule has 0 fully saturated rings. The quantitative estimate of drug-likeness (QED) is 0.712. The van der Waals surface area contributed by atoms with Crippen LogP contribution in [0.15, 0.2) is 27.4 Å². The molecule has 5 nitrogen and oxygen atoms in total. The van der Waals surface area contributed by atoms with Gasteiger partial charge in [0.05, 0.1) is 5.52 Å². The molecule has 0 radical (unpaired) electrons. The van der Waals surface area contributed by atoms with Gasteiger partial charge in [-0.15, -0.1) is 0 Å². The highest BCUT2D eigenvalue weighted by atomic mass is 32.1. The number of fused-ring (bicyclic) bond motifs is 1. The van der Waals surface area contributed by atoms with E-state index in [1.54, 1.807) is 18.2 Å². The number of thiol groups is 1. The number of hydrogen-bond donors (Lipinski definition) is 3. The molecule has 0 aliphatic heterocycles. The van der Waals surface area contributed by atoms with E-state index in [1.165, 1.54) is 0 Å². The first-order valence-corrected chi connectivity index (χ1v) is 5.81. The molecule has 1 heterocycles. The summed E-state index contributed by atoms with van der Waals surface area (Å²) in [5.41, 5.74) is 2.05. The average molecular weight is 252 g/mol. The number of amides is 1. The van der Waals surface area contributed by atoms with Crippen LogP contribution in [0, 0.1) is 0 Å². The van der Waals surface area contributed by atoms with Crippen LogP contribution in [0.3, 0.4) is 0 Å². The van der Waals surface area contributed by atoms with Crippen LogP contribution in [0.2, 0.25) is 0 Å². The van der Waals surface area contributed by atoms with Crippen LogP contribution in [0.5, 0.6) is 0 Å². The third-order valence-corrected chi connectivity index (χ3v) is 2.54. The molecule has 0 bridgehead atoms. The SMILES string of the molecule is O=C(CCS)NCc1ccc2oc(=O)[nH]c2c1. The Morgan fingerprint density at radius 2 is 2.29 bits per heavy atom. The van der Waals surface area contributed by atoms with Crippen molar-refractivity contribution >= 4 is 29.6 Å². The molecule has 0 aliphatic rings. The molecule has 2 N–H and O–H groups in total. The molecule has 0 atom stereocenters. The van der Waals surface area contributed by atoms with Gasteiger partial charge in [0.2, 0.25) is 5.91 Å². The van der Waals surface area contributed by atoms with E-state index in [9.17, 15) is 9.59 Å².